The van der Waals surface area contributed by atoms with Crippen molar-refractivity contribution < 1.29 is 0 Å². The van der Waals surface area contributed by atoms with Crippen molar-refractivity contribution in [3.8, 4) is 0 Å². The van der Waals surface area contributed by atoms with E-state index in [1.54, 1.807) is 4.91 Å². The van der Waals surface area contributed by atoms with Gasteiger partial charge in [-0.3, -0.25) is 0 Å². The highest BCUT2D eigenvalue weighted by molar-refractivity contribution is 8.78. The lowest BCUT2D eigenvalue weighted by atomic mass is 10.0. The largest absolute Gasteiger partial charge is 0.0848 e. The van der Waals surface area contributed by atoms with E-state index in [0.717, 1.165) is 0 Å². The molecule has 0 fully saturated rings. The van der Waals surface area contributed by atoms with Gasteiger partial charge in [0, 0.05) is 5.75 Å². The maximum Gasteiger partial charge on any atom is 0.0262 e. The Morgan fingerprint density at radius 3 is 1.58 bits per heavy atom. The van der Waals surface area contributed by atoms with Gasteiger partial charge in [0.15, 0.2) is 0 Å². The minimum atomic E-state index is 1.32. The van der Waals surface area contributed by atoms with Crippen LogP contribution in [0.5, 0.6) is 0 Å². The SMILES string of the molecule is C1CCCCCCCC2=C(CCCCCC1)CSS2. The first kappa shape index (κ1) is 15.8. The summed E-state index contributed by atoms with van der Waals surface area (Å²) in [6.07, 6.45) is 20.4. The van der Waals surface area contributed by atoms with Crippen molar-refractivity contribution in [3.05, 3.63) is 10.5 Å². The lowest BCUT2D eigenvalue weighted by molar-refractivity contribution is 0.538. The van der Waals surface area contributed by atoms with Crippen LogP contribution in [-0.4, -0.2) is 5.75 Å². The average Bonchev–Trinajstić information content (AvgIpc) is 2.85. The minimum absolute atomic E-state index is 1.32. The number of hydrogen-bond acceptors (Lipinski definition) is 2. The standard InChI is InChI=1S/C17H30S2/c1-2-4-6-8-10-12-14-17-16(15-18-19-17)13-11-9-7-5-3-1/h1-15H2. The maximum atomic E-state index is 2.09. The van der Waals surface area contributed by atoms with Crippen LogP contribution in [0.1, 0.15) is 89.9 Å². The molecule has 1 heterocycles. The first-order chi connectivity index (χ1) is 9.47. The lowest BCUT2D eigenvalue weighted by Crippen LogP contribution is -1.90. The van der Waals surface area contributed by atoms with Crippen LogP contribution < -0.4 is 0 Å². The molecular formula is C17H30S2. The molecule has 0 bridgehead atoms. The highest BCUT2D eigenvalue weighted by Gasteiger charge is 2.15. The van der Waals surface area contributed by atoms with Crippen molar-refractivity contribution in [2.24, 2.45) is 0 Å². The topological polar surface area (TPSA) is 0 Å². The molecule has 0 amide bonds. The molecule has 0 unspecified atom stereocenters. The lowest BCUT2D eigenvalue weighted by Gasteiger charge is -2.08. The Bertz CT molecular complexity index is 244. The molecule has 1 aliphatic heterocycles. The van der Waals surface area contributed by atoms with Crippen molar-refractivity contribution in [2.45, 2.75) is 89.9 Å². The molecule has 1 aliphatic carbocycles. The fraction of sp³-hybridized carbons (Fsp3) is 0.882. The van der Waals surface area contributed by atoms with Crippen LogP contribution in [0.4, 0.5) is 0 Å². The van der Waals surface area contributed by atoms with Crippen LogP contribution >= 0.6 is 21.6 Å². The predicted octanol–water partition coefficient (Wildman–Crippen LogP) is 7.11. The summed E-state index contributed by atoms with van der Waals surface area (Å²) < 4.78 is 0. The third-order valence-electron chi connectivity index (χ3n) is 4.42. The Hall–Kier alpha value is 0.440. The summed E-state index contributed by atoms with van der Waals surface area (Å²) in [5.41, 5.74) is 1.81. The summed E-state index contributed by atoms with van der Waals surface area (Å²) in [6.45, 7) is 0. The van der Waals surface area contributed by atoms with Gasteiger partial charge in [0.25, 0.3) is 0 Å². The molecule has 2 rings (SSSR count). The quantitative estimate of drug-likeness (QED) is 0.437. The van der Waals surface area contributed by atoms with Gasteiger partial charge in [0.2, 0.25) is 0 Å². The highest BCUT2D eigenvalue weighted by atomic mass is 33.1. The van der Waals surface area contributed by atoms with Crippen molar-refractivity contribution in [1.29, 1.82) is 0 Å². The smallest absolute Gasteiger partial charge is 0.0262 e. The molecule has 0 aromatic rings. The number of allylic oxidation sites excluding steroid dienone is 1. The van der Waals surface area contributed by atoms with E-state index in [2.05, 4.69) is 21.6 Å². The van der Waals surface area contributed by atoms with Gasteiger partial charge in [-0.05, 0) is 36.2 Å². The molecule has 0 N–H and O–H groups in total. The molecule has 0 aromatic carbocycles. The van der Waals surface area contributed by atoms with Crippen LogP contribution in [0.15, 0.2) is 10.5 Å². The van der Waals surface area contributed by atoms with E-state index in [9.17, 15) is 0 Å². The van der Waals surface area contributed by atoms with Crippen LogP contribution in [0.3, 0.4) is 0 Å². The van der Waals surface area contributed by atoms with E-state index in [0.29, 0.717) is 0 Å². The summed E-state index contributed by atoms with van der Waals surface area (Å²) in [4.78, 5) is 1.76. The van der Waals surface area contributed by atoms with Crippen LogP contribution in [0.2, 0.25) is 0 Å². The Morgan fingerprint density at radius 1 is 0.526 bits per heavy atom. The van der Waals surface area contributed by atoms with Gasteiger partial charge in [0.1, 0.15) is 0 Å². The van der Waals surface area contributed by atoms with E-state index in [-0.39, 0.29) is 0 Å². The summed E-state index contributed by atoms with van der Waals surface area (Å²) >= 11 is 0. The van der Waals surface area contributed by atoms with Crippen molar-refractivity contribution in [1.82, 2.24) is 0 Å². The molecule has 0 atom stereocenters. The molecular weight excluding hydrogens is 268 g/mol. The second-order valence-corrected chi connectivity index (χ2v) is 8.51. The molecule has 0 saturated carbocycles. The second-order valence-electron chi connectivity index (χ2n) is 6.11. The summed E-state index contributed by atoms with van der Waals surface area (Å²) in [5.74, 6) is 1.32. The normalized spacial score (nSPS) is 25.3. The predicted molar refractivity (Wildman–Crippen MR) is 91.7 cm³/mol. The van der Waals surface area contributed by atoms with E-state index >= 15 is 0 Å². The summed E-state index contributed by atoms with van der Waals surface area (Å²) in [6, 6.07) is 0. The fourth-order valence-corrected chi connectivity index (χ4v) is 6.04. The van der Waals surface area contributed by atoms with E-state index in [1.165, 1.54) is 95.6 Å². The van der Waals surface area contributed by atoms with Gasteiger partial charge in [-0.25, -0.2) is 0 Å². The average molecular weight is 299 g/mol. The number of hydrogen-bond donors (Lipinski definition) is 0. The first-order valence-corrected chi connectivity index (χ1v) is 10.8. The Labute approximate surface area is 128 Å². The van der Waals surface area contributed by atoms with E-state index in [4.69, 9.17) is 0 Å². The molecule has 2 heteroatoms. The third kappa shape index (κ3) is 6.62. The van der Waals surface area contributed by atoms with Crippen molar-refractivity contribution in [2.75, 3.05) is 5.75 Å². The first-order valence-electron chi connectivity index (χ1n) is 8.47. The van der Waals surface area contributed by atoms with Crippen LogP contribution in [0, 0.1) is 0 Å². The van der Waals surface area contributed by atoms with Crippen molar-refractivity contribution in [3.63, 3.8) is 0 Å². The molecule has 110 valence electrons. The van der Waals surface area contributed by atoms with Gasteiger partial charge in [-0.2, -0.15) is 0 Å². The van der Waals surface area contributed by atoms with Gasteiger partial charge in [0.05, 0.1) is 0 Å². The van der Waals surface area contributed by atoms with Crippen molar-refractivity contribution >= 4 is 21.6 Å². The minimum Gasteiger partial charge on any atom is -0.0848 e. The zero-order chi connectivity index (χ0) is 13.2. The monoisotopic (exact) mass is 298 g/mol. The molecule has 0 saturated heterocycles. The fourth-order valence-electron chi connectivity index (χ4n) is 3.13. The van der Waals surface area contributed by atoms with Gasteiger partial charge < -0.3 is 0 Å². The highest BCUT2D eigenvalue weighted by Crippen LogP contribution is 2.45. The Balaban J connectivity index is 1.75. The molecule has 0 nitrogen and oxygen atoms in total. The second kappa shape index (κ2) is 10.2. The van der Waals surface area contributed by atoms with Gasteiger partial charge >= 0.3 is 0 Å². The molecule has 19 heavy (non-hydrogen) atoms. The molecule has 0 spiro atoms. The Kier molecular flexibility index (Phi) is 8.50. The summed E-state index contributed by atoms with van der Waals surface area (Å²) in [5, 5.41) is 0. The van der Waals surface area contributed by atoms with Gasteiger partial charge in [-0.1, -0.05) is 85.8 Å². The van der Waals surface area contributed by atoms with Crippen LogP contribution in [-0.2, 0) is 0 Å². The van der Waals surface area contributed by atoms with Gasteiger partial charge in [-0.15, -0.1) is 0 Å². The van der Waals surface area contributed by atoms with E-state index < -0.39 is 0 Å². The summed E-state index contributed by atoms with van der Waals surface area (Å²) in [7, 11) is 4.17. The zero-order valence-corrected chi connectivity index (χ0v) is 14.1. The molecule has 0 aromatic heterocycles. The molecule has 0 radical (unpaired) electrons. The molecule has 2 aliphatic rings. The van der Waals surface area contributed by atoms with E-state index in [1.807, 2.05) is 5.57 Å². The third-order valence-corrected chi connectivity index (χ3v) is 7.01. The Morgan fingerprint density at radius 2 is 1.00 bits per heavy atom. The number of rotatable bonds is 0. The van der Waals surface area contributed by atoms with Crippen LogP contribution in [0.25, 0.3) is 0 Å². The maximum absolute atomic E-state index is 2.09. The zero-order valence-electron chi connectivity index (χ0n) is 12.4.